The summed E-state index contributed by atoms with van der Waals surface area (Å²) >= 11 is 0. The van der Waals surface area contributed by atoms with E-state index in [-0.39, 0.29) is 29.9 Å². The first-order valence-corrected chi connectivity index (χ1v) is 8.99. The van der Waals surface area contributed by atoms with Crippen molar-refractivity contribution in [1.82, 2.24) is 0 Å². The van der Waals surface area contributed by atoms with Gasteiger partial charge in [-0.15, -0.1) is 13.2 Å². The van der Waals surface area contributed by atoms with Crippen LogP contribution in [0.5, 0.6) is 5.75 Å². The number of primary amides is 1. The van der Waals surface area contributed by atoms with Crippen LogP contribution in [-0.4, -0.2) is 18.2 Å². The van der Waals surface area contributed by atoms with Crippen molar-refractivity contribution in [2.24, 2.45) is 5.73 Å². The number of ether oxygens (including phenoxy) is 1. The number of amides is 2. The molecule has 0 radical (unpaired) electrons. The van der Waals surface area contributed by atoms with Gasteiger partial charge >= 0.3 is 6.36 Å². The molecule has 0 atom stereocenters. The van der Waals surface area contributed by atoms with Gasteiger partial charge in [0, 0.05) is 12.8 Å². The zero-order valence-corrected chi connectivity index (χ0v) is 15.6. The van der Waals surface area contributed by atoms with Crippen LogP contribution in [0.4, 0.5) is 30.2 Å². The fourth-order valence-corrected chi connectivity index (χ4v) is 2.81. The first-order chi connectivity index (χ1) is 13.7. The van der Waals surface area contributed by atoms with Crippen LogP contribution in [0.2, 0.25) is 0 Å². The standard InChI is InChI=1S/C20H22F3N3O3/c21-20(22,23)29-17-11-7-6-10-16(17)26(15-9-5-4-8-14(15)24)19(28)13-3-1-2-12-18(25)27/h4-11H,1-3,12-13,24H2,(H2,25,27). The molecule has 0 saturated heterocycles. The summed E-state index contributed by atoms with van der Waals surface area (Å²) in [5, 5.41) is 0. The molecule has 0 aliphatic rings. The van der Waals surface area contributed by atoms with Gasteiger partial charge in [-0.05, 0) is 37.1 Å². The summed E-state index contributed by atoms with van der Waals surface area (Å²) in [6.07, 6.45) is -3.10. The molecular formula is C20H22F3N3O3. The molecule has 0 heterocycles. The van der Waals surface area contributed by atoms with Gasteiger partial charge < -0.3 is 16.2 Å². The summed E-state index contributed by atoms with van der Waals surface area (Å²) in [7, 11) is 0. The van der Waals surface area contributed by atoms with Gasteiger partial charge in [0.05, 0.1) is 17.1 Å². The highest BCUT2D eigenvalue weighted by atomic mass is 19.4. The van der Waals surface area contributed by atoms with Gasteiger partial charge in [0.1, 0.15) is 0 Å². The molecule has 0 aliphatic carbocycles. The van der Waals surface area contributed by atoms with Gasteiger partial charge in [0.25, 0.3) is 0 Å². The maximum atomic E-state index is 13.0. The summed E-state index contributed by atoms with van der Waals surface area (Å²) in [6, 6.07) is 11.8. The third kappa shape index (κ3) is 6.70. The van der Waals surface area contributed by atoms with Gasteiger partial charge in [-0.2, -0.15) is 0 Å². The van der Waals surface area contributed by atoms with Gasteiger partial charge in [0.2, 0.25) is 11.8 Å². The van der Waals surface area contributed by atoms with Crippen LogP contribution in [0.25, 0.3) is 0 Å². The molecule has 0 fully saturated rings. The maximum Gasteiger partial charge on any atom is 0.573 e. The molecule has 2 aromatic carbocycles. The number of carbonyl (C=O) groups excluding carboxylic acids is 2. The monoisotopic (exact) mass is 409 g/mol. The van der Waals surface area contributed by atoms with Crippen molar-refractivity contribution in [2.75, 3.05) is 10.6 Å². The van der Waals surface area contributed by atoms with E-state index in [0.717, 1.165) is 11.0 Å². The molecule has 0 aliphatic heterocycles. The van der Waals surface area contributed by atoms with E-state index in [0.29, 0.717) is 19.3 Å². The Morgan fingerprint density at radius 1 is 0.897 bits per heavy atom. The van der Waals surface area contributed by atoms with E-state index < -0.39 is 23.9 Å². The van der Waals surface area contributed by atoms with E-state index in [1.54, 1.807) is 24.3 Å². The molecule has 29 heavy (non-hydrogen) atoms. The second-order valence-corrected chi connectivity index (χ2v) is 6.33. The number of nitrogens with two attached hydrogens (primary N) is 2. The Labute approximate surface area is 166 Å². The minimum Gasteiger partial charge on any atom is -0.404 e. The summed E-state index contributed by atoms with van der Waals surface area (Å²) in [6.45, 7) is 0. The predicted octanol–water partition coefficient (Wildman–Crippen LogP) is 4.27. The molecule has 156 valence electrons. The third-order valence-corrected chi connectivity index (χ3v) is 4.07. The number of unbranched alkanes of at least 4 members (excludes halogenated alkanes) is 2. The molecule has 6 nitrogen and oxygen atoms in total. The average Bonchev–Trinajstić information content (AvgIpc) is 2.63. The Kier molecular flexibility index (Phi) is 7.46. The molecule has 2 rings (SSSR count). The Morgan fingerprint density at radius 2 is 1.48 bits per heavy atom. The predicted molar refractivity (Wildman–Crippen MR) is 103 cm³/mol. The normalized spacial score (nSPS) is 11.1. The smallest absolute Gasteiger partial charge is 0.404 e. The highest BCUT2D eigenvalue weighted by molar-refractivity contribution is 6.04. The topological polar surface area (TPSA) is 98.7 Å². The van der Waals surface area contributed by atoms with Gasteiger partial charge in [0.15, 0.2) is 5.75 Å². The number of anilines is 3. The zero-order chi connectivity index (χ0) is 21.4. The lowest BCUT2D eigenvalue weighted by atomic mass is 10.1. The lowest BCUT2D eigenvalue weighted by Gasteiger charge is -2.26. The van der Waals surface area contributed by atoms with Gasteiger partial charge in [-0.25, -0.2) is 0 Å². The van der Waals surface area contributed by atoms with E-state index >= 15 is 0 Å². The van der Waals surface area contributed by atoms with Crippen LogP contribution in [0, 0.1) is 0 Å². The van der Waals surface area contributed by atoms with Crippen molar-refractivity contribution in [1.29, 1.82) is 0 Å². The second-order valence-electron chi connectivity index (χ2n) is 6.33. The number of nitrogens with zero attached hydrogens (tertiary/aromatic N) is 1. The molecule has 0 bridgehead atoms. The van der Waals surface area contributed by atoms with Gasteiger partial charge in [-0.1, -0.05) is 30.7 Å². The average molecular weight is 409 g/mol. The maximum absolute atomic E-state index is 13.0. The first kappa shape index (κ1) is 22.1. The van der Waals surface area contributed by atoms with Crippen LogP contribution >= 0.6 is 0 Å². The van der Waals surface area contributed by atoms with Crippen molar-refractivity contribution in [3.8, 4) is 5.75 Å². The number of para-hydroxylation sites is 4. The Hall–Kier alpha value is -3.23. The second kappa shape index (κ2) is 9.81. The van der Waals surface area contributed by atoms with E-state index in [1.165, 1.54) is 18.2 Å². The summed E-state index contributed by atoms with van der Waals surface area (Å²) in [4.78, 5) is 24.9. The minimum atomic E-state index is -4.91. The van der Waals surface area contributed by atoms with E-state index in [2.05, 4.69) is 4.74 Å². The van der Waals surface area contributed by atoms with Crippen molar-refractivity contribution in [2.45, 2.75) is 38.5 Å². The molecule has 2 amide bonds. The van der Waals surface area contributed by atoms with Crippen LogP contribution < -0.4 is 21.1 Å². The Morgan fingerprint density at radius 3 is 2.10 bits per heavy atom. The number of rotatable bonds is 9. The largest absolute Gasteiger partial charge is 0.573 e. The summed E-state index contributed by atoms with van der Waals surface area (Å²) < 4.78 is 42.6. The number of halogens is 3. The lowest BCUT2D eigenvalue weighted by molar-refractivity contribution is -0.274. The van der Waals surface area contributed by atoms with Crippen molar-refractivity contribution in [3.05, 3.63) is 48.5 Å². The fraction of sp³-hybridized carbons (Fsp3) is 0.300. The highest BCUT2D eigenvalue weighted by Gasteiger charge is 2.33. The molecule has 2 aromatic rings. The number of benzene rings is 2. The molecule has 0 saturated carbocycles. The van der Waals surface area contributed by atoms with Crippen molar-refractivity contribution in [3.63, 3.8) is 0 Å². The molecular weight excluding hydrogens is 387 g/mol. The lowest BCUT2D eigenvalue weighted by Crippen LogP contribution is -2.28. The number of hydrogen-bond acceptors (Lipinski definition) is 4. The van der Waals surface area contributed by atoms with Crippen molar-refractivity contribution < 1.29 is 27.5 Å². The third-order valence-electron chi connectivity index (χ3n) is 4.07. The Bertz CT molecular complexity index is 856. The van der Waals surface area contributed by atoms with E-state index in [4.69, 9.17) is 11.5 Å². The van der Waals surface area contributed by atoms with E-state index in [1.807, 2.05) is 0 Å². The van der Waals surface area contributed by atoms with Crippen LogP contribution in [0.1, 0.15) is 32.1 Å². The SMILES string of the molecule is NC(=O)CCCCCC(=O)N(c1ccccc1N)c1ccccc1OC(F)(F)F. The molecule has 4 N–H and O–H groups in total. The first-order valence-electron chi connectivity index (χ1n) is 8.99. The van der Waals surface area contributed by atoms with Crippen molar-refractivity contribution >= 4 is 28.9 Å². The molecule has 0 spiro atoms. The number of nitrogen functional groups attached to an aromatic ring is 1. The number of carbonyl (C=O) groups is 2. The van der Waals surface area contributed by atoms with Crippen LogP contribution in [-0.2, 0) is 9.59 Å². The molecule has 0 aromatic heterocycles. The summed E-state index contributed by atoms with van der Waals surface area (Å²) in [5.41, 5.74) is 11.5. The minimum absolute atomic E-state index is 0.0491. The van der Waals surface area contributed by atoms with E-state index in [9.17, 15) is 22.8 Å². The van der Waals surface area contributed by atoms with Crippen LogP contribution in [0.3, 0.4) is 0 Å². The fourth-order valence-electron chi connectivity index (χ4n) is 2.81. The summed E-state index contributed by atoms with van der Waals surface area (Å²) in [5.74, 6) is -1.38. The number of alkyl halides is 3. The highest BCUT2D eigenvalue weighted by Crippen LogP contribution is 2.39. The molecule has 0 unspecified atom stereocenters. The quantitative estimate of drug-likeness (QED) is 0.477. The number of hydrogen-bond donors (Lipinski definition) is 2. The van der Waals surface area contributed by atoms with Crippen LogP contribution in [0.15, 0.2) is 48.5 Å². The van der Waals surface area contributed by atoms with Gasteiger partial charge in [-0.3, -0.25) is 14.5 Å². The Balaban J connectivity index is 2.31. The zero-order valence-electron chi connectivity index (χ0n) is 15.6. The molecule has 9 heteroatoms.